The summed E-state index contributed by atoms with van der Waals surface area (Å²) in [4.78, 5) is 0. The lowest BCUT2D eigenvalue weighted by molar-refractivity contribution is 0.150. The zero-order chi connectivity index (χ0) is 9.30. The average molecular weight is 306 g/mol. The smallest absolute Gasteiger partial charge is 0.207 e. The van der Waals surface area contributed by atoms with E-state index in [1.807, 2.05) is 0 Å². The third-order valence-electron chi connectivity index (χ3n) is 1.26. The number of hydrogen-bond acceptors (Lipinski definition) is 0. The number of hydrogen-bond donors (Lipinski definition) is 0. The van der Waals surface area contributed by atoms with Crippen molar-refractivity contribution in [1.82, 2.24) is 0 Å². The maximum Gasteiger partial charge on any atom is 0.266 e. The SMILES string of the molecule is Fc1cc(Cl)c(C(F)F)c(I)c1. The normalized spacial score (nSPS) is 10.8. The Bertz CT molecular complexity index is 278. The van der Waals surface area contributed by atoms with Crippen LogP contribution in [0.2, 0.25) is 5.02 Å². The Balaban J connectivity index is 3.28. The Morgan fingerprint density at radius 1 is 1.33 bits per heavy atom. The Morgan fingerprint density at radius 2 is 1.92 bits per heavy atom. The molecule has 5 heteroatoms. The summed E-state index contributed by atoms with van der Waals surface area (Å²) in [6, 6.07) is 1.90. The lowest BCUT2D eigenvalue weighted by atomic mass is 10.2. The standard InChI is InChI=1S/C7H3ClF3I/c8-4-1-3(9)2-5(12)6(4)7(10)11/h1-2,7H. The predicted octanol–water partition coefficient (Wildman–Crippen LogP) is 4.02. The van der Waals surface area contributed by atoms with Gasteiger partial charge >= 0.3 is 0 Å². The van der Waals surface area contributed by atoms with Crippen LogP contribution in [0, 0.1) is 9.39 Å². The first-order valence-corrected chi connectivity index (χ1v) is 4.40. The second-order valence-corrected chi connectivity index (χ2v) is 3.65. The van der Waals surface area contributed by atoms with Gasteiger partial charge in [0.25, 0.3) is 6.43 Å². The van der Waals surface area contributed by atoms with E-state index in [2.05, 4.69) is 0 Å². The predicted molar refractivity (Wildman–Crippen MR) is 49.1 cm³/mol. The molecule has 0 radical (unpaired) electrons. The summed E-state index contributed by atoms with van der Waals surface area (Å²) in [5.41, 5.74) is -0.307. The van der Waals surface area contributed by atoms with E-state index in [0.717, 1.165) is 12.1 Å². The number of alkyl halides is 2. The van der Waals surface area contributed by atoms with Crippen LogP contribution in [0.3, 0.4) is 0 Å². The van der Waals surface area contributed by atoms with Gasteiger partial charge in [-0.1, -0.05) is 11.6 Å². The molecule has 66 valence electrons. The molecule has 0 aliphatic carbocycles. The van der Waals surface area contributed by atoms with E-state index in [-0.39, 0.29) is 14.2 Å². The van der Waals surface area contributed by atoms with Gasteiger partial charge in [-0.2, -0.15) is 0 Å². The fourth-order valence-electron chi connectivity index (χ4n) is 0.762. The molecule has 0 aliphatic heterocycles. The monoisotopic (exact) mass is 306 g/mol. The highest BCUT2D eigenvalue weighted by molar-refractivity contribution is 14.1. The molecular formula is C7H3ClF3I. The van der Waals surface area contributed by atoms with Gasteiger partial charge in [0.1, 0.15) is 5.82 Å². The van der Waals surface area contributed by atoms with E-state index < -0.39 is 12.2 Å². The van der Waals surface area contributed by atoms with E-state index in [0.29, 0.717) is 0 Å². The maximum absolute atomic E-state index is 12.5. The molecule has 0 atom stereocenters. The minimum absolute atomic E-state index is 0.146. The topological polar surface area (TPSA) is 0 Å². The molecule has 0 spiro atoms. The molecular weight excluding hydrogens is 303 g/mol. The molecule has 12 heavy (non-hydrogen) atoms. The van der Waals surface area contributed by atoms with Crippen molar-refractivity contribution in [2.45, 2.75) is 6.43 Å². The van der Waals surface area contributed by atoms with Gasteiger partial charge < -0.3 is 0 Å². The van der Waals surface area contributed by atoms with Gasteiger partial charge in [-0.25, -0.2) is 13.2 Å². The zero-order valence-corrected chi connectivity index (χ0v) is 8.54. The summed E-state index contributed by atoms with van der Waals surface area (Å²) in [5, 5.41) is -0.227. The van der Waals surface area contributed by atoms with Crippen LogP contribution in [0.25, 0.3) is 0 Å². The molecule has 0 fully saturated rings. The molecule has 0 saturated carbocycles. The highest BCUT2D eigenvalue weighted by Gasteiger charge is 2.16. The van der Waals surface area contributed by atoms with Gasteiger partial charge in [-0.3, -0.25) is 0 Å². The van der Waals surface area contributed by atoms with Crippen LogP contribution < -0.4 is 0 Å². The van der Waals surface area contributed by atoms with Crippen LogP contribution in [0.4, 0.5) is 13.2 Å². The summed E-state index contributed by atoms with van der Waals surface area (Å²) in [6.07, 6.45) is -2.66. The highest BCUT2D eigenvalue weighted by atomic mass is 127. The molecule has 1 aromatic rings. The Morgan fingerprint density at radius 3 is 2.33 bits per heavy atom. The molecule has 0 bridgehead atoms. The van der Waals surface area contributed by atoms with Crippen molar-refractivity contribution in [3.63, 3.8) is 0 Å². The summed E-state index contributed by atoms with van der Waals surface area (Å²) in [6.45, 7) is 0. The van der Waals surface area contributed by atoms with Crippen LogP contribution in [-0.2, 0) is 0 Å². The first-order valence-electron chi connectivity index (χ1n) is 2.95. The van der Waals surface area contributed by atoms with Crippen molar-refractivity contribution in [1.29, 1.82) is 0 Å². The summed E-state index contributed by atoms with van der Waals surface area (Å²) < 4.78 is 37.1. The molecule has 1 rings (SSSR count). The molecule has 0 nitrogen and oxygen atoms in total. The van der Waals surface area contributed by atoms with Gasteiger partial charge in [0.2, 0.25) is 0 Å². The average Bonchev–Trinajstić information content (AvgIpc) is 1.82. The van der Waals surface area contributed by atoms with Crippen molar-refractivity contribution in [3.05, 3.63) is 32.1 Å². The molecule has 0 amide bonds. The van der Waals surface area contributed by atoms with Crippen LogP contribution in [0.5, 0.6) is 0 Å². The fraction of sp³-hybridized carbons (Fsp3) is 0.143. The molecule has 0 heterocycles. The minimum Gasteiger partial charge on any atom is -0.207 e. The Hall–Kier alpha value is 0.0300. The van der Waals surface area contributed by atoms with Crippen molar-refractivity contribution in [3.8, 4) is 0 Å². The minimum atomic E-state index is -2.66. The van der Waals surface area contributed by atoms with Crippen LogP contribution in [-0.4, -0.2) is 0 Å². The molecule has 0 unspecified atom stereocenters. The zero-order valence-electron chi connectivity index (χ0n) is 5.62. The van der Waals surface area contributed by atoms with Gasteiger partial charge in [0, 0.05) is 9.13 Å². The van der Waals surface area contributed by atoms with Crippen molar-refractivity contribution >= 4 is 34.2 Å². The lowest BCUT2D eigenvalue weighted by Crippen LogP contribution is -1.92. The van der Waals surface area contributed by atoms with Crippen molar-refractivity contribution < 1.29 is 13.2 Å². The molecule has 0 aliphatic rings. The van der Waals surface area contributed by atoms with Gasteiger partial charge in [-0.05, 0) is 34.7 Å². The number of halogens is 5. The second-order valence-electron chi connectivity index (χ2n) is 2.08. The molecule has 0 saturated heterocycles. The third-order valence-corrected chi connectivity index (χ3v) is 2.47. The third kappa shape index (κ3) is 2.04. The van der Waals surface area contributed by atoms with E-state index in [4.69, 9.17) is 11.6 Å². The van der Waals surface area contributed by atoms with Crippen molar-refractivity contribution in [2.24, 2.45) is 0 Å². The Kier molecular flexibility index (Phi) is 3.22. The van der Waals surface area contributed by atoms with E-state index in [1.54, 1.807) is 22.6 Å². The summed E-state index contributed by atoms with van der Waals surface area (Å²) >= 11 is 7.03. The van der Waals surface area contributed by atoms with E-state index >= 15 is 0 Å². The second kappa shape index (κ2) is 3.83. The van der Waals surface area contributed by atoms with Crippen LogP contribution >= 0.6 is 34.2 Å². The van der Waals surface area contributed by atoms with Crippen LogP contribution in [0.15, 0.2) is 12.1 Å². The lowest BCUT2D eigenvalue weighted by Gasteiger charge is -2.05. The largest absolute Gasteiger partial charge is 0.266 e. The van der Waals surface area contributed by atoms with Crippen molar-refractivity contribution in [2.75, 3.05) is 0 Å². The number of benzene rings is 1. The van der Waals surface area contributed by atoms with Gasteiger partial charge in [0.15, 0.2) is 0 Å². The van der Waals surface area contributed by atoms with Gasteiger partial charge in [0.05, 0.1) is 5.02 Å². The summed E-state index contributed by atoms with van der Waals surface area (Å²) in [5.74, 6) is -0.603. The van der Waals surface area contributed by atoms with Crippen LogP contribution in [0.1, 0.15) is 12.0 Å². The Labute approximate surface area is 85.9 Å². The van der Waals surface area contributed by atoms with E-state index in [1.165, 1.54) is 0 Å². The summed E-state index contributed by atoms with van der Waals surface area (Å²) in [7, 11) is 0. The highest BCUT2D eigenvalue weighted by Crippen LogP contribution is 2.31. The van der Waals surface area contributed by atoms with E-state index in [9.17, 15) is 13.2 Å². The van der Waals surface area contributed by atoms with Gasteiger partial charge in [-0.15, -0.1) is 0 Å². The first kappa shape index (κ1) is 10.1. The molecule has 0 aromatic heterocycles. The maximum atomic E-state index is 12.5. The number of rotatable bonds is 1. The first-order chi connectivity index (χ1) is 5.52. The quantitative estimate of drug-likeness (QED) is 0.687. The molecule has 0 N–H and O–H groups in total. The fourth-order valence-corrected chi connectivity index (χ4v) is 2.03. The molecule has 1 aromatic carbocycles.